The number of hydrogen-bond donors (Lipinski definition) is 0. The van der Waals surface area contributed by atoms with Crippen molar-refractivity contribution >= 4 is 65.4 Å². The number of benzene rings is 9. The molecule has 0 unspecified atom stereocenters. The number of nitrogens with zero attached hydrogens (tertiary/aromatic N) is 3. The van der Waals surface area contributed by atoms with E-state index in [0.29, 0.717) is 0 Å². The maximum atomic E-state index is 6.56. The van der Waals surface area contributed by atoms with Gasteiger partial charge >= 0.3 is 0 Å². The summed E-state index contributed by atoms with van der Waals surface area (Å²) >= 11 is 0. The first-order valence-electron chi connectivity index (χ1n) is 19.8. The van der Waals surface area contributed by atoms with Crippen LogP contribution in [0.2, 0.25) is 0 Å². The topological polar surface area (TPSA) is 24.0 Å². The minimum absolute atomic E-state index is 0.867. The van der Waals surface area contributed by atoms with E-state index < -0.39 is 0 Å². The molecule has 4 nitrogen and oxygen atoms in total. The lowest BCUT2D eigenvalue weighted by Gasteiger charge is -2.23. The molecule has 0 saturated carbocycles. The van der Waals surface area contributed by atoms with Crippen LogP contribution in [0.5, 0.6) is 11.5 Å². The Morgan fingerprint density at radius 3 is 1.40 bits per heavy atom. The van der Waals surface area contributed by atoms with Crippen molar-refractivity contribution in [2.45, 2.75) is 0 Å². The molecule has 0 N–H and O–H groups in total. The van der Waals surface area contributed by atoms with Crippen molar-refractivity contribution < 1.29 is 4.74 Å². The van der Waals surface area contributed by atoms with Crippen LogP contribution in [0.15, 0.2) is 200 Å². The average molecular weight is 740 g/mol. The van der Waals surface area contributed by atoms with Gasteiger partial charge in [0.2, 0.25) is 0 Å². The van der Waals surface area contributed by atoms with Crippen molar-refractivity contribution in [3.05, 3.63) is 200 Å². The van der Waals surface area contributed by atoms with Gasteiger partial charge in [-0.15, -0.1) is 0 Å². The summed E-state index contributed by atoms with van der Waals surface area (Å²) in [4.78, 5) is 0. The predicted octanol–water partition coefficient (Wildman–Crippen LogP) is 14.4. The number of aromatic nitrogens is 3. The highest BCUT2D eigenvalue weighted by Crippen LogP contribution is 2.48. The van der Waals surface area contributed by atoms with Crippen LogP contribution >= 0.6 is 0 Å². The molecule has 0 spiro atoms. The van der Waals surface area contributed by atoms with Crippen LogP contribution in [0.25, 0.3) is 105 Å². The molecule has 3 aromatic heterocycles. The number of hydrogen-bond acceptors (Lipinski definition) is 1. The second-order valence-corrected chi connectivity index (χ2v) is 15.3. The fraction of sp³-hybridized carbons (Fsp3) is 0. The average Bonchev–Trinajstić information content (AvgIpc) is 3.93. The van der Waals surface area contributed by atoms with Crippen LogP contribution in [0, 0.1) is 0 Å². The molecule has 9 aromatic carbocycles. The number of rotatable bonds is 4. The summed E-state index contributed by atoms with van der Waals surface area (Å²) in [7, 11) is 0. The van der Waals surface area contributed by atoms with Gasteiger partial charge in [-0.05, 0) is 83.4 Å². The van der Waals surface area contributed by atoms with Crippen LogP contribution in [-0.4, -0.2) is 13.7 Å². The Kier molecular flexibility index (Phi) is 6.41. The smallest absolute Gasteiger partial charge is 0.152 e. The summed E-state index contributed by atoms with van der Waals surface area (Å²) in [6.45, 7) is 0. The lowest BCUT2D eigenvalue weighted by molar-refractivity contribution is 0.477. The summed E-state index contributed by atoms with van der Waals surface area (Å²) < 4.78 is 13.7. The second kappa shape index (κ2) is 11.8. The number of para-hydroxylation sites is 6. The minimum atomic E-state index is 0.867. The van der Waals surface area contributed by atoms with E-state index in [4.69, 9.17) is 4.74 Å². The lowest BCUT2D eigenvalue weighted by atomic mass is 9.98. The van der Waals surface area contributed by atoms with Crippen LogP contribution in [0.1, 0.15) is 0 Å². The number of ether oxygens (including phenoxy) is 1. The molecule has 58 heavy (non-hydrogen) atoms. The standard InChI is InChI=1S/C54H33N3O/c1-5-17-46-40(11-1)41-12-2-6-18-47(41)56(46)38-31-32-50-45(33-38)43-14-4-7-19-48(43)55(50)37-29-27-35(28-30-37)34-23-25-36(26-24-34)39-15-9-21-51-53(39)57-49-20-8-3-13-42(49)44-16-10-22-52(58-51)54(44)57/h1-33H. The quantitative estimate of drug-likeness (QED) is 0.176. The number of fused-ring (bicyclic) bond motifs is 11. The zero-order valence-electron chi connectivity index (χ0n) is 31.3. The Morgan fingerprint density at radius 2 is 0.741 bits per heavy atom. The zero-order valence-corrected chi connectivity index (χ0v) is 31.3. The van der Waals surface area contributed by atoms with E-state index in [2.05, 4.69) is 214 Å². The van der Waals surface area contributed by atoms with Gasteiger partial charge in [-0.2, -0.15) is 0 Å². The van der Waals surface area contributed by atoms with Gasteiger partial charge in [-0.1, -0.05) is 133 Å². The van der Waals surface area contributed by atoms with E-state index >= 15 is 0 Å². The third kappa shape index (κ3) is 4.34. The predicted molar refractivity (Wildman–Crippen MR) is 240 cm³/mol. The summed E-state index contributed by atoms with van der Waals surface area (Å²) in [5.41, 5.74) is 15.1. The van der Waals surface area contributed by atoms with Gasteiger partial charge in [0, 0.05) is 49.3 Å². The van der Waals surface area contributed by atoms with Crippen molar-refractivity contribution in [2.75, 3.05) is 0 Å². The summed E-state index contributed by atoms with van der Waals surface area (Å²) in [5.74, 6) is 1.76. The van der Waals surface area contributed by atoms with Crippen molar-refractivity contribution in [1.29, 1.82) is 0 Å². The molecule has 0 amide bonds. The van der Waals surface area contributed by atoms with Gasteiger partial charge in [-0.3, -0.25) is 0 Å². The van der Waals surface area contributed by atoms with E-state index in [1.165, 1.54) is 71.0 Å². The van der Waals surface area contributed by atoms with E-state index in [0.717, 1.165) is 45.2 Å². The van der Waals surface area contributed by atoms with Gasteiger partial charge in [0.15, 0.2) is 11.5 Å². The highest BCUT2D eigenvalue weighted by Gasteiger charge is 2.26. The molecular weight excluding hydrogens is 707 g/mol. The van der Waals surface area contributed by atoms with Gasteiger partial charge in [0.25, 0.3) is 0 Å². The van der Waals surface area contributed by atoms with Gasteiger partial charge in [0.1, 0.15) is 0 Å². The highest BCUT2D eigenvalue weighted by molar-refractivity contribution is 6.14. The Bertz CT molecular complexity index is 3580. The third-order valence-electron chi connectivity index (χ3n) is 12.2. The Hall–Kier alpha value is -7.82. The van der Waals surface area contributed by atoms with E-state index in [1.54, 1.807) is 0 Å². The van der Waals surface area contributed by atoms with E-state index in [-0.39, 0.29) is 0 Å². The molecule has 270 valence electrons. The van der Waals surface area contributed by atoms with Gasteiger partial charge < -0.3 is 18.4 Å². The summed E-state index contributed by atoms with van der Waals surface area (Å²) in [5, 5.41) is 7.45. The second-order valence-electron chi connectivity index (χ2n) is 15.3. The van der Waals surface area contributed by atoms with Crippen LogP contribution < -0.4 is 4.74 Å². The maximum absolute atomic E-state index is 6.56. The first-order chi connectivity index (χ1) is 28.8. The van der Waals surface area contributed by atoms with Crippen molar-refractivity contribution in [1.82, 2.24) is 13.7 Å². The highest BCUT2D eigenvalue weighted by atomic mass is 16.5. The molecule has 1 aliphatic heterocycles. The third-order valence-corrected chi connectivity index (χ3v) is 12.2. The molecule has 13 rings (SSSR count). The largest absolute Gasteiger partial charge is 0.453 e. The zero-order chi connectivity index (χ0) is 37.9. The molecule has 1 aliphatic rings. The van der Waals surface area contributed by atoms with Crippen LogP contribution in [0.3, 0.4) is 0 Å². The first kappa shape index (κ1) is 31.4. The fourth-order valence-corrected chi connectivity index (χ4v) is 9.71. The molecule has 0 saturated heterocycles. The monoisotopic (exact) mass is 739 g/mol. The molecular formula is C54H33N3O. The Labute approximate surface area is 333 Å². The summed E-state index contributed by atoms with van der Waals surface area (Å²) in [6, 6.07) is 72.4. The maximum Gasteiger partial charge on any atom is 0.152 e. The Morgan fingerprint density at radius 1 is 0.293 bits per heavy atom. The normalized spacial score (nSPS) is 12.3. The van der Waals surface area contributed by atoms with Crippen molar-refractivity contribution in [3.63, 3.8) is 0 Å². The Balaban J connectivity index is 0.881. The molecule has 12 aromatic rings. The van der Waals surface area contributed by atoms with Crippen molar-refractivity contribution in [3.8, 4) is 50.8 Å². The van der Waals surface area contributed by atoms with Crippen molar-refractivity contribution in [2.24, 2.45) is 0 Å². The van der Waals surface area contributed by atoms with E-state index in [9.17, 15) is 0 Å². The van der Waals surface area contributed by atoms with Gasteiger partial charge in [0.05, 0.1) is 38.8 Å². The molecule has 0 aliphatic carbocycles. The fourth-order valence-electron chi connectivity index (χ4n) is 9.71. The lowest BCUT2D eigenvalue weighted by Crippen LogP contribution is -2.05. The molecule has 4 heterocycles. The van der Waals surface area contributed by atoms with Crippen LogP contribution in [0.4, 0.5) is 0 Å². The first-order valence-corrected chi connectivity index (χ1v) is 19.8. The molecule has 0 bridgehead atoms. The van der Waals surface area contributed by atoms with E-state index in [1.807, 2.05) is 0 Å². The van der Waals surface area contributed by atoms with Gasteiger partial charge in [-0.25, -0.2) is 0 Å². The molecule has 0 radical (unpaired) electrons. The van der Waals surface area contributed by atoms with Crippen LogP contribution in [-0.2, 0) is 0 Å². The molecule has 0 atom stereocenters. The minimum Gasteiger partial charge on any atom is -0.453 e. The summed E-state index contributed by atoms with van der Waals surface area (Å²) in [6.07, 6.45) is 0. The molecule has 0 fully saturated rings. The SMILES string of the molecule is c1cc2c(c(-c3ccc(-c4ccc(-n5c6ccccc6c6cc(-n7c8ccccc8c8ccccc87)ccc65)cc4)cc3)c1)-n1c3ccccc3c3cccc(c31)O2. The molecule has 4 heteroatoms.